The van der Waals surface area contributed by atoms with Crippen LogP contribution in [0.5, 0.6) is 0 Å². The average molecular weight is 363 g/mol. The van der Waals surface area contributed by atoms with Crippen molar-refractivity contribution in [3.8, 4) is 0 Å². The van der Waals surface area contributed by atoms with Gasteiger partial charge >= 0.3 is 6.18 Å². The predicted molar refractivity (Wildman–Crippen MR) is 92.6 cm³/mol. The van der Waals surface area contributed by atoms with Crippen molar-refractivity contribution in [1.29, 1.82) is 0 Å². The van der Waals surface area contributed by atoms with Crippen molar-refractivity contribution in [3.05, 3.63) is 65.3 Å². The van der Waals surface area contributed by atoms with E-state index in [-0.39, 0.29) is 18.1 Å². The molecule has 0 spiro atoms. The standard InChI is InChI=1S/C20H20F3NO2/c21-20(22,23)13-7-8-17-16(11-13)19-15(6-3-9-26-19)18(24-17)12-4-1-2-5-14(25)10-12/h1-2,4-5,7-8,10-11,14-15,18-19,24-25H,3,6,9H2/t14?,15?,18-,19?/m0/s1. The Morgan fingerprint density at radius 1 is 1.19 bits per heavy atom. The van der Waals surface area contributed by atoms with E-state index < -0.39 is 17.8 Å². The maximum Gasteiger partial charge on any atom is 0.416 e. The van der Waals surface area contributed by atoms with E-state index in [4.69, 9.17) is 4.74 Å². The van der Waals surface area contributed by atoms with Crippen LogP contribution in [-0.2, 0) is 10.9 Å². The second-order valence-corrected chi connectivity index (χ2v) is 6.92. The molecule has 1 aliphatic carbocycles. The van der Waals surface area contributed by atoms with Crippen LogP contribution in [0.1, 0.15) is 30.1 Å². The summed E-state index contributed by atoms with van der Waals surface area (Å²) in [5.74, 6) is 0.0148. The van der Waals surface area contributed by atoms with Crippen molar-refractivity contribution in [2.45, 2.75) is 37.3 Å². The Morgan fingerprint density at radius 2 is 2.04 bits per heavy atom. The second kappa shape index (κ2) is 6.59. The highest BCUT2D eigenvalue weighted by molar-refractivity contribution is 5.60. The van der Waals surface area contributed by atoms with E-state index >= 15 is 0 Å². The number of hydrogen-bond donors (Lipinski definition) is 2. The third-order valence-corrected chi connectivity index (χ3v) is 5.22. The van der Waals surface area contributed by atoms with Crippen LogP contribution in [0.15, 0.2) is 54.2 Å². The summed E-state index contributed by atoms with van der Waals surface area (Å²) in [4.78, 5) is 0. The number of fused-ring (bicyclic) bond motifs is 3. The molecule has 138 valence electrons. The third-order valence-electron chi connectivity index (χ3n) is 5.22. The van der Waals surface area contributed by atoms with Gasteiger partial charge in [0.15, 0.2) is 0 Å². The Hall–Kier alpha value is -2.05. The molecule has 1 fully saturated rings. The molecule has 26 heavy (non-hydrogen) atoms. The summed E-state index contributed by atoms with van der Waals surface area (Å²) in [7, 11) is 0. The first-order valence-electron chi connectivity index (χ1n) is 8.77. The topological polar surface area (TPSA) is 41.5 Å². The van der Waals surface area contributed by atoms with E-state index in [1.807, 2.05) is 12.2 Å². The largest absolute Gasteiger partial charge is 0.416 e. The molecule has 6 heteroatoms. The Morgan fingerprint density at radius 3 is 2.85 bits per heavy atom. The summed E-state index contributed by atoms with van der Waals surface area (Å²) < 4.78 is 45.3. The summed E-state index contributed by atoms with van der Waals surface area (Å²) in [5.41, 5.74) is 1.50. The molecule has 0 bridgehead atoms. The van der Waals surface area contributed by atoms with Gasteiger partial charge in [-0.2, -0.15) is 13.2 Å². The monoisotopic (exact) mass is 363 g/mol. The van der Waals surface area contributed by atoms with Crippen LogP contribution in [0.4, 0.5) is 18.9 Å². The second-order valence-electron chi connectivity index (χ2n) is 6.92. The highest BCUT2D eigenvalue weighted by atomic mass is 19.4. The van der Waals surface area contributed by atoms with E-state index in [1.54, 1.807) is 18.2 Å². The Bertz CT molecular complexity index is 782. The summed E-state index contributed by atoms with van der Waals surface area (Å²) in [6.45, 7) is 0.544. The van der Waals surface area contributed by atoms with Crippen molar-refractivity contribution in [1.82, 2.24) is 0 Å². The van der Waals surface area contributed by atoms with Crippen molar-refractivity contribution in [2.75, 3.05) is 11.9 Å². The molecule has 2 N–H and O–H groups in total. The summed E-state index contributed by atoms with van der Waals surface area (Å²) in [6.07, 6.45) is 5.33. The SMILES string of the molecule is OC1C=CC=CC([C@@H]2Nc3ccc(C(F)(F)F)cc3C3OCCCC32)=C1. The van der Waals surface area contributed by atoms with Crippen molar-refractivity contribution in [3.63, 3.8) is 0 Å². The number of hydrogen-bond acceptors (Lipinski definition) is 3. The Kier molecular flexibility index (Phi) is 4.40. The highest BCUT2D eigenvalue weighted by Gasteiger charge is 2.42. The fourth-order valence-corrected chi connectivity index (χ4v) is 4.04. The molecule has 2 heterocycles. The zero-order valence-electron chi connectivity index (χ0n) is 14.0. The highest BCUT2D eigenvalue weighted by Crippen LogP contribution is 2.47. The first-order chi connectivity index (χ1) is 12.4. The molecule has 3 unspecified atom stereocenters. The van der Waals surface area contributed by atoms with Crippen LogP contribution in [0, 0.1) is 5.92 Å². The number of allylic oxidation sites excluding steroid dienone is 2. The minimum atomic E-state index is -4.38. The number of rotatable bonds is 1. The zero-order valence-corrected chi connectivity index (χ0v) is 14.0. The number of aliphatic hydroxyl groups excluding tert-OH is 1. The van der Waals surface area contributed by atoms with Gasteiger partial charge in [-0.3, -0.25) is 0 Å². The van der Waals surface area contributed by atoms with Gasteiger partial charge < -0.3 is 15.2 Å². The molecule has 0 saturated carbocycles. The number of benzene rings is 1. The van der Waals surface area contributed by atoms with Crippen LogP contribution in [0.25, 0.3) is 0 Å². The zero-order chi connectivity index (χ0) is 18.3. The molecule has 1 aromatic rings. The molecule has 4 rings (SSSR count). The fraction of sp³-hybridized carbons (Fsp3) is 0.400. The smallest absolute Gasteiger partial charge is 0.385 e. The van der Waals surface area contributed by atoms with E-state index in [0.29, 0.717) is 17.9 Å². The van der Waals surface area contributed by atoms with Gasteiger partial charge in [0.05, 0.1) is 23.8 Å². The minimum Gasteiger partial charge on any atom is -0.385 e. The van der Waals surface area contributed by atoms with Crippen molar-refractivity contribution >= 4 is 5.69 Å². The van der Waals surface area contributed by atoms with Gasteiger partial charge in [0.25, 0.3) is 0 Å². The molecule has 1 saturated heterocycles. The van der Waals surface area contributed by atoms with Crippen molar-refractivity contribution in [2.24, 2.45) is 5.92 Å². The molecular formula is C20H20F3NO2. The van der Waals surface area contributed by atoms with Crippen LogP contribution >= 0.6 is 0 Å². The normalized spacial score (nSPS) is 30.7. The maximum atomic E-state index is 13.1. The quantitative estimate of drug-likeness (QED) is 0.778. The lowest BCUT2D eigenvalue weighted by molar-refractivity contribution is -0.137. The van der Waals surface area contributed by atoms with Gasteiger partial charge in [-0.15, -0.1) is 0 Å². The van der Waals surface area contributed by atoms with Gasteiger partial charge in [0, 0.05) is 23.8 Å². The summed E-state index contributed by atoms with van der Waals surface area (Å²) in [5, 5.41) is 13.4. The van der Waals surface area contributed by atoms with Crippen LogP contribution in [-0.4, -0.2) is 23.9 Å². The van der Waals surface area contributed by atoms with E-state index in [2.05, 4.69) is 5.32 Å². The Balaban J connectivity index is 1.75. The maximum absolute atomic E-state index is 13.1. The molecule has 0 radical (unpaired) electrons. The lowest BCUT2D eigenvalue weighted by Crippen LogP contribution is -2.42. The average Bonchev–Trinajstić information content (AvgIpc) is 2.84. The fourth-order valence-electron chi connectivity index (χ4n) is 4.04. The van der Waals surface area contributed by atoms with E-state index in [9.17, 15) is 18.3 Å². The molecule has 4 atom stereocenters. The van der Waals surface area contributed by atoms with Gasteiger partial charge in [-0.25, -0.2) is 0 Å². The number of anilines is 1. The van der Waals surface area contributed by atoms with Gasteiger partial charge in [-0.05, 0) is 42.7 Å². The predicted octanol–water partition coefficient (Wildman–Crippen LogP) is 4.38. The Labute approximate surface area is 149 Å². The third kappa shape index (κ3) is 3.19. The van der Waals surface area contributed by atoms with Gasteiger partial charge in [-0.1, -0.05) is 24.3 Å². The van der Waals surface area contributed by atoms with E-state index in [0.717, 1.165) is 24.5 Å². The summed E-state index contributed by atoms with van der Waals surface area (Å²) in [6, 6.07) is 3.67. The van der Waals surface area contributed by atoms with Crippen molar-refractivity contribution < 1.29 is 23.0 Å². The lowest BCUT2D eigenvalue weighted by Gasteiger charge is -2.44. The molecule has 1 aromatic carbocycles. The first-order valence-corrected chi connectivity index (χ1v) is 8.77. The first kappa shape index (κ1) is 17.4. The molecule has 0 aromatic heterocycles. The lowest BCUT2D eigenvalue weighted by atomic mass is 9.76. The number of aliphatic hydroxyl groups is 1. The van der Waals surface area contributed by atoms with E-state index in [1.165, 1.54) is 12.1 Å². The molecule has 0 amide bonds. The summed E-state index contributed by atoms with van der Waals surface area (Å²) >= 11 is 0. The number of ether oxygens (including phenoxy) is 1. The number of halogens is 3. The van der Waals surface area contributed by atoms with Gasteiger partial charge in [0.2, 0.25) is 0 Å². The molecular weight excluding hydrogens is 343 g/mol. The van der Waals surface area contributed by atoms with Crippen LogP contribution in [0.3, 0.4) is 0 Å². The number of alkyl halides is 3. The number of nitrogens with one attached hydrogen (secondary N) is 1. The molecule has 3 nitrogen and oxygen atoms in total. The molecule has 3 aliphatic rings. The van der Waals surface area contributed by atoms with Gasteiger partial charge in [0.1, 0.15) is 0 Å². The van der Waals surface area contributed by atoms with Crippen LogP contribution < -0.4 is 5.32 Å². The minimum absolute atomic E-state index is 0.0148. The molecule has 2 aliphatic heterocycles. The van der Waals surface area contributed by atoms with Crippen LogP contribution in [0.2, 0.25) is 0 Å².